The third-order valence-electron chi connectivity index (χ3n) is 2.29. The van der Waals surface area contributed by atoms with Crippen LogP contribution in [0.15, 0.2) is 30.5 Å². The van der Waals surface area contributed by atoms with Gasteiger partial charge in [0.1, 0.15) is 5.82 Å². The van der Waals surface area contributed by atoms with E-state index < -0.39 is 5.60 Å². The van der Waals surface area contributed by atoms with E-state index >= 15 is 0 Å². The molecule has 1 heterocycles. The zero-order valence-corrected chi connectivity index (χ0v) is 9.76. The number of aliphatic hydroxyl groups is 1. The minimum atomic E-state index is -0.854. The molecule has 0 aliphatic rings. The standard InChI is InChI=1S/C12H14FN3O/c1-12(2,17)7-11-8-14-15-16(11)10-5-3-4-9(13)6-10/h3-6,8,17H,7H2,1-2H3. The summed E-state index contributed by atoms with van der Waals surface area (Å²) in [6, 6.07) is 6.10. The molecule has 0 saturated heterocycles. The summed E-state index contributed by atoms with van der Waals surface area (Å²) in [5.74, 6) is -0.327. The van der Waals surface area contributed by atoms with Crippen LogP contribution in [0.1, 0.15) is 19.5 Å². The third kappa shape index (κ3) is 2.88. The topological polar surface area (TPSA) is 50.9 Å². The average molecular weight is 235 g/mol. The maximum atomic E-state index is 13.1. The molecule has 1 N–H and O–H groups in total. The molecule has 4 nitrogen and oxygen atoms in total. The van der Waals surface area contributed by atoms with E-state index in [0.29, 0.717) is 12.1 Å². The van der Waals surface area contributed by atoms with Crippen molar-refractivity contribution < 1.29 is 9.50 Å². The van der Waals surface area contributed by atoms with E-state index in [1.807, 2.05) is 0 Å². The predicted molar refractivity (Wildman–Crippen MR) is 61.3 cm³/mol. The van der Waals surface area contributed by atoms with Crippen LogP contribution in [0.2, 0.25) is 0 Å². The number of nitrogens with zero attached hydrogens (tertiary/aromatic N) is 3. The highest BCUT2D eigenvalue weighted by Gasteiger charge is 2.17. The van der Waals surface area contributed by atoms with Gasteiger partial charge >= 0.3 is 0 Å². The molecule has 0 aliphatic carbocycles. The summed E-state index contributed by atoms with van der Waals surface area (Å²) in [6.45, 7) is 3.41. The molecule has 0 aliphatic heterocycles. The van der Waals surface area contributed by atoms with Crippen molar-refractivity contribution in [1.29, 1.82) is 0 Å². The van der Waals surface area contributed by atoms with Gasteiger partial charge in [-0.25, -0.2) is 9.07 Å². The van der Waals surface area contributed by atoms with E-state index in [9.17, 15) is 9.50 Å². The first kappa shape index (κ1) is 11.7. The van der Waals surface area contributed by atoms with Gasteiger partial charge in [-0.1, -0.05) is 11.3 Å². The SMILES string of the molecule is CC(C)(O)Cc1cnnn1-c1cccc(F)c1. The van der Waals surface area contributed by atoms with Gasteiger partial charge < -0.3 is 5.11 Å². The normalized spacial score (nSPS) is 11.8. The summed E-state index contributed by atoms with van der Waals surface area (Å²) in [6.07, 6.45) is 1.97. The van der Waals surface area contributed by atoms with E-state index in [1.165, 1.54) is 16.8 Å². The van der Waals surface area contributed by atoms with Crippen molar-refractivity contribution in [3.05, 3.63) is 42.0 Å². The maximum Gasteiger partial charge on any atom is 0.125 e. The summed E-state index contributed by atoms with van der Waals surface area (Å²) >= 11 is 0. The molecule has 1 aromatic heterocycles. The van der Waals surface area contributed by atoms with Crippen molar-refractivity contribution >= 4 is 0 Å². The quantitative estimate of drug-likeness (QED) is 0.881. The van der Waals surface area contributed by atoms with Crippen LogP contribution in [-0.2, 0) is 6.42 Å². The lowest BCUT2D eigenvalue weighted by molar-refractivity contribution is 0.0793. The Bertz CT molecular complexity index is 516. The molecule has 0 saturated carbocycles. The van der Waals surface area contributed by atoms with Gasteiger partial charge in [-0.3, -0.25) is 0 Å². The first-order chi connectivity index (χ1) is 7.96. The van der Waals surface area contributed by atoms with Crippen LogP contribution in [0.3, 0.4) is 0 Å². The fourth-order valence-corrected chi connectivity index (χ4v) is 1.65. The fourth-order valence-electron chi connectivity index (χ4n) is 1.65. The molecule has 0 fully saturated rings. The van der Waals surface area contributed by atoms with Crippen molar-refractivity contribution in [2.75, 3.05) is 0 Å². The average Bonchev–Trinajstić information content (AvgIpc) is 2.63. The van der Waals surface area contributed by atoms with Gasteiger partial charge in [-0.05, 0) is 32.0 Å². The minimum Gasteiger partial charge on any atom is -0.390 e. The molecule has 0 radical (unpaired) electrons. The van der Waals surface area contributed by atoms with E-state index in [2.05, 4.69) is 10.3 Å². The first-order valence-electron chi connectivity index (χ1n) is 5.34. The van der Waals surface area contributed by atoms with Gasteiger partial charge in [0.25, 0.3) is 0 Å². The summed E-state index contributed by atoms with van der Waals surface area (Å²) in [7, 11) is 0. The monoisotopic (exact) mass is 235 g/mol. The van der Waals surface area contributed by atoms with E-state index in [-0.39, 0.29) is 5.82 Å². The van der Waals surface area contributed by atoms with Crippen LogP contribution in [0.5, 0.6) is 0 Å². The van der Waals surface area contributed by atoms with Crippen molar-refractivity contribution in [3.8, 4) is 5.69 Å². The second-order valence-electron chi connectivity index (χ2n) is 4.61. The molecule has 0 atom stereocenters. The molecule has 2 aromatic rings. The Balaban J connectivity index is 2.37. The van der Waals surface area contributed by atoms with E-state index in [4.69, 9.17) is 0 Å². The maximum absolute atomic E-state index is 13.1. The summed E-state index contributed by atoms with van der Waals surface area (Å²) in [5.41, 5.74) is 0.483. The number of aromatic nitrogens is 3. The van der Waals surface area contributed by atoms with Crippen LogP contribution in [0.4, 0.5) is 4.39 Å². The second kappa shape index (κ2) is 4.25. The lowest BCUT2D eigenvalue weighted by Crippen LogP contribution is -2.23. The summed E-state index contributed by atoms with van der Waals surface area (Å²) < 4.78 is 14.6. The van der Waals surface area contributed by atoms with Gasteiger partial charge in [0.2, 0.25) is 0 Å². The molecule has 17 heavy (non-hydrogen) atoms. The van der Waals surface area contributed by atoms with Crippen molar-refractivity contribution in [3.63, 3.8) is 0 Å². The summed E-state index contributed by atoms with van der Waals surface area (Å²) in [5, 5.41) is 17.5. The number of hydrogen-bond donors (Lipinski definition) is 1. The molecule has 1 aromatic carbocycles. The predicted octanol–water partition coefficient (Wildman–Crippen LogP) is 1.72. The highest BCUT2D eigenvalue weighted by atomic mass is 19.1. The fraction of sp³-hybridized carbons (Fsp3) is 0.333. The van der Waals surface area contributed by atoms with Crippen LogP contribution < -0.4 is 0 Å². The van der Waals surface area contributed by atoms with Crippen LogP contribution >= 0.6 is 0 Å². The molecular formula is C12H14FN3O. The third-order valence-corrected chi connectivity index (χ3v) is 2.29. The molecule has 0 spiro atoms. The molecule has 0 amide bonds. The van der Waals surface area contributed by atoms with Crippen LogP contribution in [-0.4, -0.2) is 25.7 Å². The number of benzene rings is 1. The molecule has 90 valence electrons. The Morgan fingerprint density at radius 3 is 2.82 bits per heavy atom. The Hall–Kier alpha value is -1.75. The van der Waals surface area contributed by atoms with Gasteiger partial charge in [-0.15, -0.1) is 5.10 Å². The lowest BCUT2D eigenvalue weighted by atomic mass is 10.0. The Morgan fingerprint density at radius 2 is 2.18 bits per heavy atom. The highest BCUT2D eigenvalue weighted by molar-refractivity contribution is 5.32. The van der Waals surface area contributed by atoms with Crippen molar-refractivity contribution in [1.82, 2.24) is 15.0 Å². The van der Waals surface area contributed by atoms with Crippen LogP contribution in [0.25, 0.3) is 5.69 Å². The molecule has 0 unspecified atom stereocenters. The van der Waals surface area contributed by atoms with Crippen LogP contribution in [0, 0.1) is 5.82 Å². The number of rotatable bonds is 3. The summed E-state index contributed by atoms with van der Waals surface area (Å²) in [4.78, 5) is 0. The molecule has 2 rings (SSSR count). The Morgan fingerprint density at radius 1 is 1.41 bits per heavy atom. The van der Waals surface area contributed by atoms with E-state index in [1.54, 1.807) is 32.2 Å². The lowest BCUT2D eigenvalue weighted by Gasteiger charge is -2.17. The number of halogens is 1. The largest absolute Gasteiger partial charge is 0.390 e. The van der Waals surface area contributed by atoms with Gasteiger partial charge in [0.05, 0.1) is 23.2 Å². The minimum absolute atomic E-state index is 0.327. The number of hydrogen-bond acceptors (Lipinski definition) is 3. The van der Waals surface area contributed by atoms with Crippen molar-refractivity contribution in [2.45, 2.75) is 25.9 Å². The van der Waals surface area contributed by atoms with Gasteiger partial charge in [0.15, 0.2) is 0 Å². The van der Waals surface area contributed by atoms with E-state index in [0.717, 1.165) is 5.69 Å². The zero-order valence-electron chi connectivity index (χ0n) is 9.76. The molecule has 0 bridgehead atoms. The zero-order chi connectivity index (χ0) is 12.5. The van der Waals surface area contributed by atoms with Gasteiger partial charge in [-0.2, -0.15) is 0 Å². The Kier molecular flexibility index (Phi) is 2.93. The second-order valence-corrected chi connectivity index (χ2v) is 4.61. The Labute approximate surface area is 98.7 Å². The van der Waals surface area contributed by atoms with Crippen molar-refractivity contribution in [2.24, 2.45) is 0 Å². The molecular weight excluding hydrogens is 221 g/mol. The highest BCUT2D eigenvalue weighted by Crippen LogP contribution is 2.15. The molecule has 5 heteroatoms. The van der Waals surface area contributed by atoms with Gasteiger partial charge in [0, 0.05) is 6.42 Å². The first-order valence-corrected chi connectivity index (χ1v) is 5.34. The smallest absolute Gasteiger partial charge is 0.125 e.